The Bertz CT molecular complexity index is 404. The highest BCUT2D eigenvalue weighted by molar-refractivity contribution is 5.92. The van der Waals surface area contributed by atoms with Gasteiger partial charge in [0.1, 0.15) is 6.26 Å². The molecule has 92 valence electrons. The van der Waals surface area contributed by atoms with Crippen LogP contribution in [0.2, 0.25) is 0 Å². The van der Waals surface area contributed by atoms with E-state index >= 15 is 0 Å². The van der Waals surface area contributed by atoms with E-state index in [1.54, 1.807) is 6.07 Å². The molecule has 5 heteroatoms. The molecule has 1 aliphatic heterocycles. The minimum atomic E-state index is -0.0275. The van der Waals surface area contributed by atoms with Gasteiger partial charge in [0.15, 0.2) is 5.69 Å². The zero-order valence-corrected chi connectivity index (χ0v) is 9.71. The van der Waals surface area contributed by atoms with Crippen LogP contribution >= 0.6 is 0 Å². The number of carbonyl (C=O) groups is 1. The van der Waals surface area contributed by atoms with Gasteiger partial charge in [0, 0.05) is 25.2 Å². The number of carbonyl (C=O) groups excluding carboxylic acids is 1. The van der Waals surface area contributed by atoms with Gasteiger partial charge >= 0.3 is 0 Å². The third kappa shape index (κ3) is 1.84. The van der Waals surface area contributed by atoms with Crippen LogP contribution in [0.4, 0.5) is 0 Å². The van der Waals surface area contributed by atoms with Crippen LogP contribution in [0.3, 0.4) is 0 Å². The number of aromatic nitrogens is 1. The van der Waals surface area contributed by atoms with E-state index in [1.807, 2.05) is 4.90 Å². The minimum absolute atomic E-state index is 0.0275. The van der Waals surface area contributed by atoms with Crippen molar-refractivity contribution in [1.29, 1.82) is 0 Å². The lowest BCUT2D eigenvalue weighted by Crippen LogP contribution is -2.38. The van der Waals surface area contributed by atoms with Gasteiger partial charge in [0.2, 0.25) is 0 Å². The molecule has 2 aliphatic rings. The third-order valence-corrected chi connectivity index (χ3v) is 4.10. The molecule has 0 spiro atoms. The molecule has 0 radical (unpaired) electrons. The molecule has 1 saturated carbocycles. The molecule has 1 saturated heterocycles. The zero-order chi connectivity index (χ0) is 11.8. The topological polar surface area (TPSA) is 72.4 Å². The molecule has 3 unspecified atom stereocenters. The summed E-state index contributed by atoms with van der Waals surface area (Å²) in [7, 11) is 0. The fourth-order valence-electron chi connectivity index (χ4n) is 3.17. The molecule has 1 aliphatic carbocycles. The third-order valence-electron chi connectivity index (χ3n) is 4.10. The maximum absolute atomic E-state index is 12.1. The largest absolute Gasteiger partial charge is 0.364 e. The van der Waals surface area contributed by atoms with Crippen molar-refractivity contribution in [3.63, 3.8) is 0 Å². The Labute approximate surface area is 99.9 Å². The molecule has 1 amide bonds. The number of nitrogens with zero attached hydrogens (tertiary/aromatic N) is 2. The lowest BCUT2D eigenvalue weighted by Gasteiger charge is -2.29. The average molecular weight is 235 g/mol. The highest BCUT2D eigenvalue weighted by Crippen LogP contribution is 2.35. The Kier molecular flexibility index (Phi) is 2.63. The lowest BCUT2D eigenvalue weighted by molar-refractivity contribution is 0.0773. The number of likely N-dealkylation sites (tertiary alicyclic amines) is 1. The molecule has 1 aromatic rings. The summed E-state index contributed by atoms with van der Waals surface area (Å²) in [6.45, 7) is 1.60. The summed E-state index contributed by atoms with van der Waals surface area (Å²) < 4.78 is 4.71. The van der Waals surface area contributed by atoms with Crippen molar-refractivity contribution >= 4 is 5.91 Å². The number of hydrogen-bond acceptors (Lipinski definition) is 4. The van der Waals surface area contributed by atoms with E-state index in [1.165, 1.54) is 19.1 Å². The van der Waals surface area contributed by atoms with Crippen LogP contribution in [0.15, 0.2) is 16.9 Å². The van der Waals surface area contributed by atoms with Crippen molar-refractivity contribution in [1.82, 2.24) is 10.1 Å². The highest BCUT2D eigenvalue weighted by atomic mass is 16.5. The van der Waals surface area contributed by atoms with Gasteiger partial charge < -0.3 is 15.2 Å². The van der Waals surface area contributed by atoms with Gasteiger partial charge in [-0.1, -0.05) is 11.6 Å². The number of fused-ring (bicyclic) bond motifs is 1. The first-order chi connectivity index (χ1) is 8.25. The SMILES string of the molecule is NC1CCCC2CN(C(=O)c3ccon3)CC12. The maximum atomic E-state index is 12.1. The van der Waals surface area contributed by atoms with E-state index in [9.17, 15) is 4.79 Å². The molecule has 2 heterocycles. The molecular weight excluding hydrogens is 218 g/mol. The smallest absolute Gasteiger partial charge is 0.276 e. The summed E-state index contributed by atoms with van der Waals surface area (Å²) in [5, 5.41) is 3.70. The molecule has 0 aromatic carbocycles. The van der Waals surface area contributed by atoms with Crippen molar-refractivity contribution in [2.75, 3.05) is 13.1 Å². The second-order valence-corrected chi connectivity index (χ2v) is 5.11. The molecule has 0 bridgehead atoms. The van der Waals surface area contributed by atoms with Crippen LogP contribution in [-0.4, -0.2) is 35.1 Å². The monoisotopic (exact) mass is 235 g/mol. The van der Waals surface area contributed by atoms with Gasteiger partial charge in [-0.2, -0.15) is 0 Å². The summed E-state index contributed by atoms with van der Waals surface area (Å²) in [4.78, 5) is 14.0. The van der Waals surface area contributed by atoms with Gasteiger partial charge in [-0.05, 0) is 24.7 Å². The molecule has 2 N–H and O–H groups in total. The molecule has 5 nitrogen and oxygen atoms in total. The quantitative estimate of drug-likeness (QED) is 0.784. The number of nitrogens with two attached hydrogens (primary N) is 1. The fourth-order valence-corrected chi connectivity index (χ4v) is 3.17. The van der Waals surface area contributed by atoms with E-state index in [0.717, 1.165) is 19.5 Å². The predicted molar refractivity (Wildman–Crippen MR) is 61.2 cm³/mol. The minimum Gasteiger partial charge on any atom is -0.364 e. The zero-order valence-electron chi connectivity index (χ0n) is 9.71. The lowest BCUT2D eigenvalue weighted by atomic mass is 9.78. The predicted octanol–water partition coefficient (Wildman–Crippen LogP) is 0.874. The van der Waals surface area contributed by atoms with Crippen molar-refractivity contribution < 1.29 is 9.32 Å². The van der Waals surface area contributed by atoms with Crippen LogP contribution in [0.1, 0.15) is 29.8 Å². The first kappa shape index (κ1) is 10.8. The summed E-state index contributed by atoms with van der Waals surface area (Å²) in [6.07, 6.45) is 4.91. The van der Waals surface area contributed by atoms with Crippen LogP contribution in [0.5, 0.6) is 0 Å². The maximum Gasteiger partial charge on any atom is 0.276 e. The fraction of sp³-hybridized carbons (Fsp3) is 0.667. The summed E-state index contributed by atoms with van der Waals surface area (Å²) in [5.74, 6) is 1.02. The van der Waals surface area contributed by atoms with Crippen LogP contribution in [0.25, 0.3) is 0 Å². The van der Waals surface area contributed by atoms with Crippen molar-refractivity contribution in [3.05, 3.63) is 18.0 Å². The second kappa shape index (κ2) is 4.14. The van der Waals surface area contributed by atoms with Crippen LogP contribution in [0, 0.1) is 11.8 Å². The number of hydrogen-bond donors (Lipinski definition) is 1. The van der Waals surface area contributed by atoms with E-state index in [-0.39, 0.29) is 11.9 Å². The van der Waals surface area contributed by atoms with Crippen molar-refractivity contribution in [2.45, 2.75) is 25.3 Å². The molecule has 17 heavy (non-hydrogen) atoms. The Morgan fingerprint density at radius 1 is 1.47 bits per heavy atom. The van der Waals surface area contributed by atoms with E-state index in [0.29, 0.717) is 17.5 Å². The number of rotatable bonds is 1. The Hall–Kier alpha value is -1.36. The molecule has 3 rings (SSSR count). The Morgan fingerprint density at radius 3 is 3.06 bits per heavy atom. The molecule has 1 aromatic heterocycles. The summed E-state index contributed by atoms with van der Waals surface area (Å²) in [6, 6.07) is 1.87. The average Bonchev–Trinajstić information content (AvgIpc) is 2.98. The molecular formula is C12H17N3O2. The van der Waals surface area contributed by atoms with Crippen LogP contribution < -0.4 is 5.73 Å². The highest BCUT2D eigenvalue weighted by Gasteiger charge is 2.40. The number of amides is 1. The summed E-state index contributed by atoms with van der Waals surface area (Å²) >= 11 is 0. The van der Waals surface area contributed by atoms with E-state index in [4.69, 9.17) is 10.3 Å². The van der Waals surface area contributed by atoms with Crippen molar-refractivity contribution in [3.8, 4) is 0 Å². The van der Waals surface area contributed by atoms with Gasteiger partial charge in [-0.15, -0.1) is 0 Å². The van der Waals surface area contributed by atoms with Crippen molar-refractivity contribution in [2.24, 2.45) is 17.6 Å². The Balaban J connectivity index is 1.73. The van der Waals surface area contributed by atoms with Gasteiger partial charge in [-0.25, -0.2) is 0 Å². The first-order valence-corrected chi connectivity index (χ1v) is 6.21. The van der Waals surface area contributed by atoms with Crippen LogP contribution in [-0.2, 0) is 0 Å². The van der Waals surface area contributed by atoms with E-state index in [2.05, 4.69) is 5.16 Å². The normalized spacial score (nSPS) is 32.5. The molecule has 2 fully saturated rings. The first-order valence-electron chi connectivity index (χ1n) is 6.21. The standard InChI is InChI=1S/C12H17N3O2/c13-10-3-1-2-8-6-15(7-9(8)10)12(16)11-4-5-17-14-11/h4-5,8-10H,1-3,6-7,13H2. The summed E-state index contributed by atoms with van der Waals surface area (Å²) in [5.41, 5.74) is 6.53. The van der Waals surface area contributed by atoms with Gasteiger partial charge in [-0.3, -0.25) is 4.79 Å². The second-order valence-electron chi connectivity index (χ2n) is 5.11. The van der Waals surface area contributed by atoms with Gasteiger partial charge in [0.05, 0.1) is 0 Å². The van der Waals surface area contributed by atoms with E-state index < -0.39 is 0 Å². The molecule has 3 atom stereocenters. The van der Waals surface area contributed by atoms with Gasteiger partial charge in [0.25, 0.3) is 5.91 Å². The Morgan fingerprint density at radius 2 is 2.35 bits per heavy atom.